The van der Waals surface area contributed by atoms with Crippen LogP contribution in [0.2, 0.25) is 0 Å². The smallest absolute Gasteiger partial charge is 0.142 e. The van der Waals surface area contributed by atoms with E-state index in [2.05, 4.69) is 44.4 Å². The van der Waals surface area contributed by atoms with Crippen molar-refractivity contribution >= 4 is 5.69 Å². The first-order chi connectivity index (χ1) is 15.3. The first-order valence-corrected chi connectivity index (χ1v) is 11.0. The summed E-state index contributed by atoms with van der Waals surface area (Å²) in [4.78, 5) is 4.97. The summed E-state index contributed by atoms with van der Waals surface area (Å²) in [7, 11) is 1.74. The molecule has 1 aliphatic rings. The van der Waals surface area contributed by atoms with E-state index in [9.17, 15) is 0 Å². The van der Waals surface area contributed by atoms with Gasteiger partial charge in [-0.05, 0) is 49.2 Å². The molecule has 0 unspecified atom stereocenters. The minimum Gasteiger partial charge on any atom is -0.495 e. The van der Waals surface area contributed by atoms with Crippen LogP contribution in [0.1, 0.15) is 18.4 Å². The quantitative estimate of drug-likeness (QED) is 0.468. The molecule has 1 saturated heterocycles. The minimum atomic E-state index is 0.727. The molecule has 3 aromatic rings. The van der Waals surface area contributed by atoms with Crippen LogP contribution in [0.25, 0.3) is 0 Å². The summed E-state index contributed by atoms with van der Waals surface area (Å²) >= 11 is 0. The summed E-state index contributed by atoms with van der Waals surface area (Å²) in [5, 5.41) is 7.82. The number of rotatable bonds is 10. The number of ether oxygens (including phenoxy) is 2. The number of hydrogen-bond donors (Lipinski definition) is 0. The van der Waals surface area contributed by atoms with E-state index in [-0.39, 0.29) is 0 Å². The van der Waals surface area contributed by atoms with Crippen molar-refractivity contribution in [2.75, 3.05) is 51.3 Å². The molecule has 0 amide bonds. The molecule has 0 spiro atoms. The Morgan fingerprint density at radius 3 is 2.48 bits per heavy atom. The summed E-state index contributed by atoms with van der Waals surface area (Å²) in [6.07, 6.45) is 5.77. The molecule has 7 heteroatoms. The van der Waals surface area contributed by atoms with E-state index in [4.69, 9.17) is 9.47 Å². The van der Waals surface area contributed by atoms with Gasteiger partial charge in [-0.15, -0.1) is 5.10 Å². The highest BCUT2D eigenvalue weighted by atomic mass is 16.5. The van der Waals surface area contributed by atoms with Gasteiger partial charge in [0, 0.05) is 32.4 Å². The average molecular weight is 422 g/mol. The van der Waals surface area contributed by atoms with Crippen molar-refractivity contribution in [1.82, 2.24) is 19.9 Å². The van der Waals surface area contributed by atoms with E-state index in [1.807, 2.05) is 35.1 Å². The van der Waals surface area contributed by atoms with E-state index in [1.165, 1.54) is 11.3 Å². The van der Waals surface area contributed by atoms with Gasteiger partial charge in [-0.1, -0.05) is 29.5 Å². The standard InChI is InChI=1S/C24H31N5O2/c1-30-24-7-3-2-6-23(24)28-17-15-27(16-18-28)13-4-5-19-31-22-10-8-21(9-11-22)20-29-14-12-25-26-29/h2-3,6-12,14H,4-5,13,15-20H2,1H3. The van der Waals surface area contributed by atoms with E-state index in [1.54, 1.807) is 13.3 Å². The highest BCUT2D eigenvalue weighted by molar-refractivity contribution is 5.58. The van der Waals surface area contributed by atoms with E-state index in [0.717, 1.165) is 70.2 Å². The Labute approximate surface area is 184 Å². The van der Waals surface area contributed by atoms with E-state index in [0.29, 0.717) is 0 Å². The Balaban J connectivity index is 1.11. The second-order valence-corrected chi connectivity index (χ2v) is 7.80. The van der Waals surface area contributed by atoms with Crippen LogP contribution < -0.4 is 14.4 Å². The lowest BCUT2D eigenvalue weighted by atomic mass is 10.2. The first kappa shape index (κ1) is 21.2. The van der Waals surface area contributed by atoms with Crippen LogP contribution >= 0.6 is 0 Å². The minimum absolute atomic E-state index is 0.727. The number of hydrogen-bond acceptors (Lipinski definition) is 6. The normalized spacial score (nSPS) is 14.5. The Bertz CT molecular complexity index is 906. The van der Waals surface area contributed by atoms with Gasteiger partial charge in [0.2, 0.25) is 0 Å². The molecule has 164 valence electrons. The summed E-state index contributed by atoms with van der Waals surface area (Å²) in [6.45, 7) is 6.86. The summed E-state index contributed by atoms with van der Waals surface area (Å²) < 4.78 is 13.2. The number of nitrogens with zero attached hydrogens (tertiary/aromatic N) is 5. The largest absolute Gasteiger partial charge is 0.495 e. The van der Waals surface area contributed by atoms with Gasteiger partial charge in [-0.2, -0.15) is 0 Å². The molecule has 0 bridgehead atoms. The monoisotopic (exact) mass is 421 g/mol. The molecule has 0 N–H and O–H groups in total. The van der Waals surface area contributed by atoms with Crippen LogP contribution in [0, 0.1) is 0 Å². The van der Waals surface area contributed by atoms with Gasteiger partial charge in [-0.25, -0.2) is 4.68 Å². The fourth-order valence-corrected chi connectivity index (χ4v) is 3.93. The Kier molecular flexibility index (Phi) is 7.39. The number of para-hydroxylation sites is 2. The Hall–Kier alpha value is -3.06. The predicted molar refractivity (Wildman–Crippen MR) is 122 cm³/mol. The Morgan fingerprint density at radius 2 is 1.74 bits per heavy atom. The number of piperazine rings is 1. The summed E-state index contributed by atoms with van der Waals surface area (Å²) in [5.74, 6) is 1.88. The second-order valence-electron chi connectivity index (χ2n) is 7.80. The molecule has 2 aromatic carbocycles. The zero-order valence-corrected chi connectivity index (χ0v) is 18.2. The lowest BCUT2D eigenvalue weighted by molar-refractivity contribution is 0.238. The van der Waals surface area contributed by atoms with Crippen molar-refractivity contribution < 1.29 is 9.47 Å². The maximum Gasteiger partial charge on any atom is 0.142 e. The van der Waals surface area contributed by atoms with E-state index < -0.39 is 0 Å². The van der Waals surface area contributed by atoms with Crippen LogP contribution in [0.15, 0.2) is 60.9 Å². The van der Waals surface area contributed by atoms with Gasteiger partial charge < -0.3 is 14.4 Å². The van der Waals surface area contributed by atoms with Gasteiger partial charge >= 0.3 is 0 Å². The molecule has 1 aromatic heterocycles. The molecule has 0 atom stereocenters. The van der Waals surface area contributed by atoms with Crippen LogP contribution in [-0.4, -0.2) is 66.3 Å². The number of methoxy groups -OCH3 is 1. The number of anilines is 1. The SMILES string of the molecule is COc1ccccc1N1CCN(CCCCOc2ccc(Cn3ccnn3)cc2)CC1. The fourth-order valence-electron chi connectivity index (χ4n) is 3.93. The zero-order valence-electron chi connectivity index (χ0n) is 18.2. The number of benzene rings is 2. The molecule has 0 aliphatic carbocycles. The molecule has 31 heavy (non-hydrogen) atoms. The second kappa shape index (κ2) is 10.8. The zero-order chi connectivity index (χ0) is 21.3. The van der Waals surface area contributed by atoms with Crippen LogP contribution in [0.5, 0.6) is 11.5 Å². The fraction of sp³-hybridized carbons (Fsp3) is 0.417. The van der Waals surface area contributed by atoms with Gasteiger partial charge in [0.1, 0.15) is 11.5 Å². The maximum absolute atomic E-state index is 5.91. The van der Waals surface area contributed by atoms with Crippen LogP contribution in [-0.2, 0) is 6.54 Å². The van der Waals surface area contributed by atoms with Crippen molar-refractivity contribution in [2.24, 2.45) is 0 Å². The number of unbranched alkanes of at least 4 members (excludes halogenated alkanes) is 1. The van der Waals surface area contributed by atoms with Crippen molar-refractivity contribution in [1.29, 1.82) is 0 Å². The molecule has 2 heterocycles. The Morgan fingerprint density at radius 1 is 0.935 bits per heavy atom. The summed E-state index contributed by atoms with van der Waals surface area (Å²) in [6, 6.07) is 16.5. The molecular weight excluding hydrogens is 390 g/mol. The highest BCUT2D eigenvalue weighted by Gasteiger charge is 2.19. The van der Waals surface area contributed by atoms with Gasteiger partial charge in [0.05, 0.1) is 32.1 Å². The maximum atomic E-state index is 5.91. The van der Waals surface area contributed by atoms with Gasteiger partial charge in [-0.3, -0.25) is 4.90 Å². The van der Waals surface area contributed by atoms with Gasteiger partial charge in [0.15, 0.2) is 0 Å². The first-order valence-electron chi connectivity index (χ1n) is 11.0. The molecule has 0 radical (unpaired) electrons. The third kappa shape index (κ3) is 5.98. The molecule has 0 saturated carbocycles. The lowest BCUT2D eigenvalue weighted by Crippen LogP contribution is -2.46. The van der Waals surface area contributed by atoms with Crippen LogP contribution in [0.3, 0.4) is 0 Å². The van der Waals surface area contributed by atoms with Crippen molar-refractivity contribution in [2.45, 2.75) is 19.4 Å². The third-order valence-corrected chi connectivity index (χ3v) is 5.68. The average Bonchev–Trinajstić information content (AvgIpc) is 3.33. The molecule has 1 fully saturated rings. The highest BCUT2D eigenvalue weighted by Crippen LogP contribution is 2.28. The summed E-state index contributed by atoms with van der Waals surface area (Å²) in [5.41, 5.74) is 2.38. The topological polar surface area (TPSA) is 55.7 Å². The van der Waals surface area contributed by atoms with Crippen molar-refractivity contribution in [3.63, 3.8) is 0 Å². The molecule has 7 nitrogen and oxygen atoms in total. The van der Waals surface area contributed by atoms with E-state index >= 15 is 0 Å². The third-order valence-electron chi connectivity index (χ3n) is 5.68. The molecular formula is C24H31N5O2. The van der Waals surface area contributed by atoms with Gasteiger partial charge in [0.25, 0.3) is 0 Å². The van der Waals surface area contributed by atoms with Crippen LogP contribution in [0.4, 0.5) is 5.69 Å². The molecule has 4 rings (SSSR count). The van der Waals surface area contributed by atoms with Crippen molar-refractivity contribution in [3.05, 3.63) is 66.5 Å². The predicted octanol–water partition coefficient (Wildman–Crippen LogP) is 3.32. The molecule has 1 aliphatic heterocycles. The number of aromatic nitrogens is 3. The van der Waals surface area contributed by atoms with Crippen molar-refractivity contribution in [3.8, 4) is 11.5 Å². The lowest BCUT2D eigenvalue weighted by Gasteiger charge is -2.36.